The number of nitrogens with zero attached hydrogens (tertiary/aromatic N) is 3. The molecule has 0 saturated carbocycles. The molecule has 0 aliphatic heterocycles. The Hall–Kier alpha value is -3.70. The van der Waals surface area contributed by atoms with Crippen LogP contribution in [0, 0.1) is 0 Å². The molecule has 0 spiro atoms. The van der Waals surface area contributed by atoms with Gasteiger partial charge >= 0.3 is 12.1 Å². The van der Waals surface area contributed by atoms with E-state index < -0.39 is 23.7 Å². The van der Waals surface area contributed by atoms with Crippen molar-refractivity contribution >= 4 is 18.0 Å². The number of unbranched alkanes of at least 4 members (excludes halogenated alkanes) is 2. The summed E-state index contributed by atoms with van der Waals surface area (Å²) in [6.45, 7) is 7.77. The molecular formula is C23H34N6O6. The molecule has 0 aliphatic rings. The van der Waals surface area contributed by atoms with Gasteiger partial charge in [-0.15, -0.1) is 10.2 Å². The van der Waals surface area contributed by atoms with Gasteiger partial charge in [0.25, 0.3) is 0 Å². The number of tetrazole rings is 1. The lowest BCUT2D eigenvalue weighted by Crippen LogP contribution is -2.49. The van der Waals surface area contributed by atoms with Crippen molar-refractivity contribution in [3.8, 4) is 5.75 Å². The number of esters is 1. The molecule has 0 unspecified atom stereocenters. The second kappa shape index (κ2) is 13.3. The number of carbonyl (C=O) groups excluding carboxylic acids is 3. The van der Waals surface area contributed by atoms with Crippen LogP contribution in [0.15, 0.2) is 18.2 Å². The number of aromatic amines is 1. The molecule has 0 aliphatic carbocycles. The maximum Gasteiger partial charge on any atom is 0.408 e. The van der Waals surface area contributed by atoms with Crippen molar-refractivity contribution < 1.29 is 28.6 Å². The molecular weight excluding hydrogens is 456 g/mol. The van der Waals surface area contributed by atoms with Crippen LogP contribution in [0.3, 0.4) is 0 Å². The summed E-state index contributed by atoms with van der Waals surface area (Å²) in [5, 5.41) is 18.9. The molecule has 1 aromatic heterocycles. The van der Waals surface area contributed by atoms with Gasteiger partial charge in [0.05, 0.1) is 7.11 Å². The van der Waals surface area contributed by atoms with E-state index in [1.165, 1.54) is 7.11 Å². The Morgan fingerprint density at radius 2 is 1.94 bits per heavy atom. The Bertz CT molecular complexity index is 973. The Morgan fingerprint density at radius 3 is 2.57 bits per heavy atom. The minimum absolute atomic E-state index is 0.0111. The first-order valence-electron chi connectivity index (χ1n) is 11.5. The number of ether oxygens (including phenoxy) is 3. The molecule has 0 bridgehead atoms. The topological polar surface area (TPSA) is 157 Å². The van der Waals surface area contributed by atoms with Crippen LogP contribution in [0.4, 0.5) is 4.79 Å². The number of amides is 2. The number of nitrogens with one attached hydrogen (secondary N) is 3. The molecule has 2 aromatic rings. The molecule has 3 N–H and O–H groups in total. The number of hydrogen-bond donors (Lipinski definition) is 3. The molecule has 1 heterocycles. The second-order valence-electron chi connectivity index (χ2n) is 8.84. The monoisotopic (exact) mass is 490 g/mol. The van der Waals surface area contributed by atoms with E-state index in [-0.39, 0.29) is 30.2 Å². The van der Waals surface area contributed by atoms with Crippen molar-refractivity contribution in [1.29, 1.82) is 0 Å². The third kappa shape index (κ3) is 9.59. The minimum atomic E-state index is -0.914. The highest BCUT2D eigenvalue weighted by Gasteiger charge is 2.25. The van der Waals surface area contributed by atoms with Crippen molar-refractivity contribution in [2.75, 3.05) is 13.7 Å². The van der Waals surface area contributed by atoms with E-state index in [2.05, 4.69) is 38.2 Å². The molecule has 1 atom stereocenters. The molecule has 0 fully saturated rings. The minimum Gasteiger partial charge on any atom is -0.485 e. The zero-order chi connectivity index (χ0) is 25.8. The van der Waals surface area contributed by atoms with Gasteiger partial charge in [-0.25, -0.2) is 9.59 Å². The van der Waals surface area contributed by atoms with Gasteiger partial charge in [0.15, 0.2) is 6.61 Å². The number of methoxy groups -OCH3 is 1. The van der Waals surface area contributed by atoms with E-state index in [0.717, 1.165) is 19.3 Å². The average molecular weight is 491 g/mol. The molecule has 12 nitrogen and oxygen atoms in total. The standard InChI is InChI=1S/C23H34N6O6/c1-6-7-8-11-24-20(30)17(25-22(32)35-23(2,3)4)13-15-9-10-18(16(12-15)21(31)33-5)34-14-19-26-28-29-27-19/h9-10,12,17H,6-8,11,13-14H2,1-5H3,(H,24,30)(H,25,32)(H,26,27,28,29)/t17-/m0/s1. The Morgan fingerprint density at radius 1 is 1.17 bits per heavy atom. The van der Waals surface area contributed by atoms with Crippen LogP contribution in [0.1, 0.15) is 68.7 Å². The molecule has 0 saturated heterocycles. The molecule has 12 heteroatoms. The van der Waals surface area contributed by atoms with Crippen LogP contribution < -0.4 is 15.4 Å². The number of H-pyrrole nitrogens is 1. The summed E-state index contributed by atoms with van der Waals surface area (Å²) in [5.41, 5.74) is 0.0528. The average Bonchev–Trinajstić information content (AvgIpc) is 3.32. The van der Waals surface area contributed by atoms with Crippen LogP contribution in [-0.2, 0) is 27.3 Å². The van der Waals surface area contributed by atoms with E-state index in [1.54, 1.807) is 39.0 Å². The zero-order valence-electron chi connectivity index (χ0n) is 20.8. The number of alkyl carbamates (subject to hydrolysis) is 1. The fourth-order valence-electron chi connectivity index (χ4n) is 3.09. The van der Waals surface area contributed by atoms with Crippen LogP contribution in [0.2, 0.25) is 0 Å². The second-order valence-corrected chi connectivity index (χ2v) is 8.84. The van der Waals surface area contributed by atoms with Crippen LogP contribution in [0.25, 0.3) is 0 Å². The quantitative estimate of drug-likeness (QED) is 0.300. The number of aromatic nitrogens is 4. The summed E-state index contributed by atoms with van der Waals surface area (Å²) < 4.78 is 15.9. The number of benzene rings is 1. The van der Waals surface area contributed by atoms with Gasteiger partial charge in [0.2, 0.25) is 11.7 Å². The Labute approximate surface area is 204 Å². The Balaban J connectivity index is 2.20. The highest BCUT2D eigenvalue weighted by atomic mass is 16.6. The lowest BCUT2D eigenvalue weighted by Gasteiger charge is -2.23. The first kappa shape index (κ1) is 27.5. The van der Waals surface area contributed by atoms with Crippen molar-refractivity contribution in [2.24, 2.45) is 0 Å². The summed E-state index contributed by atoms with van der Waals surface area (Å²) in [6.07, 6.45) is 2.25. The lowest BCUT2D eigenvalue weighted by molar-refractivity contribution is -0.123. The van der Waals surface area contributed by atoms with Crippen LogP contribution in [0.5, 0.6) is 5.75 Å². The molecule has 35 heavy (non-hydrogen) atoms. The van der Waals surface area contributed by atoms with Crippen molar-refractivity contribution in [3.63, 3.8) is 0 Å². The summed E-state index contributed by atoms with van der Waals surface area (Å²) >= 11 is 0. The normalized spacial score (nSPS) is 11.9. The van der Waals surface area contributed by atoms with Gasteiger partial charge in [-0.1, -0.05) is 31.0 Å². The predicted octanol–water partition coefficient (Wildman–Crippen LogP) is 2.31. The number of rotatable bonds is 12. The van der Waals surface area contributed by atoms with E-state index in [4.69, 9.17) is 14.2 Å². The highest BCUT2D eigenvalue weighted by molar-refractivity contribution is 5.93. The van der Waals surface area contributed by atoms with E-state index in [0.29, 0.717) is 17.9 Å². The Kier molecular flexibility index (Phi) is 10.4. The highest BCUT2D eigenvalue weighted by Crippen LogP contribution is 2.23. The van der Waals surface area contributed by atoms with Gasteiger partial charge in [-0.3, -0.25) is 4.79 Å². The SMILES string of the molecule is CCCCCNC(=O)[C@H](Cc1ccc(OCc2nn[nH]n2)c(C(=O)OC)c1)NC(=O)OC(C)(C)C. The molecule has 0 radical (unpaired) electrons. The molecule has 192 valence electrons. The summed E-state index contributed by atoms with van der Waals surface area (Å²) in [6, 6.07) is 3.94. The van der Waals surface area contributed by atoms with E-state index in [9.17, 15) is 14.4 Å². The van der Waals surface area contributed by atoms with Gasteiger partial charge in [-0.2, -0.15) is 5.21 Å². The largest absolute Gasteiger partial charge is 0.485 e. The summed E-state index contributed by atoms with van der Waals surface area (Å²) in [7, 11) is 1.26. The summed E-state index contributed by atoms with van der Waals surface area (Å²) in [4.78, 5) is 37.6. The van der Waals surface area contributed by atoms with E-state index >= 15 is 0 Å². The van der Waals surface area contributed by atoms with Gasteiger partial charge in [0, 0.05) is 13.0 Å². The van der Waals surface area contributed by atoms with Crippen molar-refractivity contribution in [1.82, 2.24) is 31.3 Å². The van der Waals surface area contributed by atoms with E-state index in [1.807, 2.05) is 0 Å². The van der Waals surface area contributed by atoms with Crippen LogP contribution in [-0.4, -0.2) is 63.9 Å². The first-order valence-corrected chi connectivity index (χ1v) is 11.5. The van der Waals surface area contributed by atoms with Gasteiger partial charge in [-0.05, 0) is 44.9 Å². The fourth-order valence-corrected chi connectivity index (χ4v) is 3.09. The zero-order valence-corrected chi connectivity index (χ0v) is 20.8. The number of hydrogen-bond acceptors (Lipinski definition) is 9. The maximum atomic E-state index is 12.9. The van der Waals surface area contributed by atoms with Gasteiger partial charge < -0.3 is 24.8 Å². The first-order chi connectivity index (χ1) is 16.6. The van der Waals surface area contributed by atoms with Crippen molar-refractivity contribution in [2.45, 2.75) is 71.6 Å². The maximum absolute atomic E-state index is 12.9. The van der Waals surface area contributed by atoms with Crippen LogP contribution >= 0.6 is 0 Å². The molecule has 2 rings (SSSR count). The van der Waals surface area contributed by atoms with Gasteiger partial charge in [0.1, 0.15) is 23.0 Å². The van der Waals surface area contributed by atoms with Crippen molar-refractivity contribution in [3.05, 3.63) is 35.2 Å². The third-order valence-electron chi connectivity index (χ3n) is 4.72. The third-order valence-corrected chi connectivity index (χ3v) is 4.72. The molecule has 1 aromatic carbocycles. The smallest absolute Gasteiger partial charge is 0.408 e. The molecule has 2 amide bonds. The predicted molar refractivity (Wildman–Crippen MR) is 126 cm³/mol. The lowest BCUT2D eigenvalue weighted by atomic mass is 10.0. The number of carbonyl (C=O) groups is 3. The summed E-state index contributed by atoms with van der Waals surface area (Å²) in [5.74, 6) is -0.392. The fraction of sp³-hybridized carbons (Fsp3) is 0.565.